The predicted octanol–water partition coefficient (Wildman–Crippen LogP) is 1.75. The van der Waals surface area contributed by atoms with Crippen molar-refractivity contribution in [1.82, 2.24) is 19.0 Å². The van der Waals surface area contributed by atoms with E-state index in [4.69, 9.17) is 0 Å². The van der Waals surface area contributed by atoms with E-state index in [-0.39, 0.29) is 16.8 Å². The zero-order valence-electron chi connectivity index (χ0n) is 14.5. The van der Waals surface area contributed by atoms with Crippen molar-refractivity contribution in [2.45, 2.75) is 30.2 Å². The van der Waals surface area contributed by atoms with Gasteiger partial charge in [-0.3, -0.25) is 9.48 Å². The number of benzene rings is 1. The molecule has 26 heavy (non-hydrogen) atoms. The number of likely N-dealkylation sites (tertiary alicyclic amines) is 1. The summed E-state index contributed by atoms with van der Waals surface area (Å²) in [6, 6.07) is 8.40. The minimum atomic E-state index is -3.44. The Morgan fingerprint density at radius 2 is 1.81 bits per heavy atom. The fourth-order valence-corrected chi connectivity index (χ4v) is 5.19. The van der Waals surface area contributed by atoms with Crippen LogP contribution in [0.5, 0.6) is 0 Å². The second-order valence-electron chi connectivity index (χ2n) is 6.82. The van der Waals surface area contributed by atoms with Gasteiger partial charge in [-0.05, 0) is 49.6 Å². The number of hydrogen-bond donors (Lipinski definition) is 0. The molecule has 1 unspecified atom stereocenters. The molecule has 7 nitrogen and oxygen atoms in total. The SMILES string of the molecule is O=C(c1ccc(S(=O)(=O)N2CCCC2)cc1)N1CCC(n2cccn2)C1. The van der Waals surface area contributed by atoms with Gasteiger partial charge < -0.3 is 4.90 Å². The van der Waals surface area contributed by atoms with E-state index >= 15 is 0 Å². The average molecular weight is 374 g/mol. The van der Waals surface area contributed by atoms with Crippen LogP contribution in [0.2, 0.25) is 0 Å². The van der Waals surface area contributed by atoms with Gasteiger partial charge in [-0.1, -0.05) is 0 Å². The summed E-state index contributed by atoms with van der Waals surface area (Å²) in [5.74, 6) is -0.0650. The summed E-state index contributed by atoms with van der Waals surface area (Å²) in [4.78, 5) is 14.8. The Labute approximate surface area is 153 Å². The molecule has 0 spiro atoms. The third-order valence-corrected chi connectivity index (χ3v) is 7.07. The highest BCUT2D eigenvalue weighted by atomic mass is 32.2. The Bertz CT molecular complexity index is 872. The molecule has 138 valence electrons. The Hall–Kier alpha value is -2.19. The van der Waals surface area contributed by atoms with Crippen molar-refractivity contribution >= 4 is 15.9 Å². The zero-order chi connectivity index (χ0) is 18.1. The maximum atomic E-state index is 12.7. The van der Waals surface area contributed by atoms with Gasteiger partial charge in [-0.15, -0.1) is 0 Å². The summed E-state index contributed by atoms with van der Waals surface area (Å²) in [5, 5.41) is 4.25. The van der Waals surface area contributed by atoms with E-state index in [2.05, 4.69) is 5.10 Å². The van der Waals surface area contributed by atoms with Gasteiger partial charge in [0.05, 0.1) is 10.9 Å². The standard InChI is InChI=1S/C18H22N4O3S/c23-18(20-13-8-16(14-20)22-12-3-9-19-22)15-4-6-17(7-5-15)26(24,25)21-10-1-2-11-21/h3-7,9,12,16H,1-2,8,10-11,13-14H2. The summed E-state index contributed by atoms with van der Waals surface area (Å²) < 4.78 is 28.5. The molecule has 0 radical (unpaired) electrons. The van der Waals surface area contributed by atoms with E-state index in [1.807, 2.05) is 16.9 Å². The molecule has 0 N–H and O–H groups in total. The van der Waals surface area contributed by atoms with Crippen molar-refractivity contribution in [1.29, 1.82) is 0 Å². The van der Waals surface area contributed by atoms with E-state index in [0.29, 0.717) is 31.7 Å². The predicted molar refractivity (Wildman–Crippen MR) is 96.2 cm³/mol. The summed E-state index contributed by atoms with van der Waals surface area (Å²) >= 11 is 0. The van der Waals surface area contributed by atoms with Crippen LogP contribution in [0.3, 0.4) is 0 Å². The number of carbonyl (C=O) groups excluding carboxylic acids is 1. The minimum Gasteiger partial charge on any atom is -0.336 e. The Morgan fingerprint density at radius 3 is 2.46 bits per heavy atom. The van der Waals surface area contributed by atoms with Crippen molar-refractivity contribution in [2.75, 3.05) is 26.2 Å². The van der Waals surface area contributed by atoms with Crippen molar-refractivity contribution in [2.24, 2.45) is 0 Å². The normalized spacial score (nSPS) is 21.4. The molecule has 2 aliphatic heterocycles. The van der Waals surface area contributed by atoms with E-state index in [9.17, 15) is 13.2 Å². The Morgan fingerprint density at radius 1 is 1.08 bits per heavy atom. The molecule has 2 fully saturated rings. The van der Waals surface area contributed by atoms with E-state index < -0.39 is 10.0 Å². The van der Waals surface area contributed by atoms with Crippen LogP contribution in [0, 0.1) is 0 Å². The summed E-state index contributed by atoms with van der Waals surface area (Å²) in [7, 11) is -3.44. The maximum Gasteiger partial charge on any atom is 0.253 e. The van der Waals surface area contributed by atoms with E-state index in [1.54, 1.807) is 35.4 Å². The largest absolute Gasteiger partial charge is 0.336 e. The van der Waals surface area contributed by atoms with Crippen LogP contribution in [0.1, 0.15) is 35.7 Å². The number of sulfonamides is 1. The van der Waals surface area contributed by atoms with Gasteiger partial charge in [0.15, 0.2) is 0 Å². The quantitative estimate of drug-likeness (QED) is 0.817. The van der Waals surface area contributed by atoms with Gasteiger partial charge in [0.2, 0.25) is 10.0 Å². The van der Waals surface area contributed by atoms with E-state index in [0.717, 1.165) is 19.3 Å². The first kappa shape index (κ1) is 17.2. The highest BCUT2D eigenvalue weighted by Gasteiger charge is 2.30. The van der Waals surface area contributed by atoms with Gasteiger partial charge >= 0.3 is 0 Å². The van der Waals surface area contributed by atoms with Gasteiger partial charge in [0.1, 0.15) is 0 Å². The molecular weight excluding hydrogens is 352 g/mol. The Kier molecular flexibility index (Phi) is 4.54. The fourth-order valence-electron chi connectivity index (χ4n) is 3.67. The van der Waals surface area contributed by atoms with Crippen molar-refractivity contribution in [3.63, 3.8) is 0 Å². The maximum absolute atomic E-state index is 12.7. The third kappa shape index (κ3) is 3.14. The molecule has 1 aromatic carbocycles. The number of hydrogen-bond acceptors (Lipinski definition) is 4. The smallest absolute Gasteiger partial charge is 0.253 e. The lowest BCUT2D eigenvalue weighted by atomic mass is 10.2. The van der Waals surface area contributed by atoms with Crippen LogP contribution in [0.25, 0.3) is 0 Å². The lowest BCUT2D eigenvalue weighted by Crippen LogP contribution is -2.30. The van der Waals surface area contributed by atoms with Crippen LogP contribution in [-0.2, 0) is 10.0 Å². The number of amides is 1. The lowest BCUT2D eigenvalue weighted by molar-refractivity contribution is 0.0787. The molecule has 4 rings (SSSR count). The topological polar surface area (TPSA) is 75.5 Å². The molecule has 1 atom stereocenters. The molecule has 8 heteroatoms. The number of aromatic nitrogens is 2. The molecule has 0 saturated carbocycles. The number of rotatable bonds is 4. The highest BCUT2D eigenvalue weighted by Crippen LogP contribution is 2.24. The van der Waals surface area contributed by atoms with Crippen LogP contribution >= 0.6 is 0 Å². The molecule has 0 bridgehead atoms. The highest BCUT2D eigenvalue weighted by molar-refractivity contribution is 7.89. The van der Waals surface area contributed by atoms with Gasteiger partial charge in [-0.2, -0.15) is 9.40 Å². The van der Waals surface area contributed by atoms with Crippen LogP contribution < -0.4 is 0 Å². The molecule has 2 aliphatic rings. The molecule has 2 aromatic rings. The zero-order valence-corrected chi connectivity index (χ0v) is 15.3. The van der Waals surface area contributed by atoms with Crippen LogP contribution in [-0.4, -0.2) is 59.5 Å². The molecular formula is C18H22N4O3S. The Balaban J connectivity index is 1.46. The first-order valence-corrected chi connectivity index (χ1v) is 10.4. The molecule has 0 aliphatic carbocycles. The van der Waals surface area contributed by atoms with Crippen molar-refractivity contribution in [3.8, 4) is 0 Å². The molecule has 1 amide bonds. The van der Waals surface area contributed by atoms with E-state index in [1.165, 1.54) is 4.31 Å². The molecule has 3 heterocycles. The molecule has 1 aromatic heterocycles. The van der Waals surface area contributed by atoms with Crippen LogP contribution in [0.15, 0.2) is 47.6 Å². The summed E-state index contributed by atoms with van der Waals surface area (Å²) in [6.07, 6.45) is 6.33. The fraction of sp³-hybridized carbons (Fsp3) is 0.444. The van der Waals surface area contributed by atoms with Crippen molar-refractivity contribution in [3.05, 3.63) is 48.3 Å². The van der Waals surface area contributed by atoms with Gasteiger partial charge in [0, 0.05) is 44.1 Å². The molecule has 2 saturated heterocycles. The van der Waals surface area contributed by atoms with Crippen molar-refractivity contribution < 1.29 is 13.2 Å². The summed E-state index contributed by atoms with van der Waals surface area (Å²) in [6.45, 7) is 2.45. The first-order valence-electron chi connectivity index (χ1n) is 8.94. The third-order valence-electron chi connectivity index (χ3n) is 5.15. The van der Waals surface area contributed by atoms with Crippen LogP contribution in [0.4, 0.5) is 0 Å². The average Bonchev–Trinajstić information content (AvgIpc) is 3.43. The second kappa shape index (κ2) is 6.85. The summed E-state index contributed by atoms with van der Waals surface area (Å²) in [5.41, 5.74) is 0.520. The number of carbonyl (C=O) groups is 1. The lowest BCUT2D eigenvalue weighted by Gasteiger charge is -2.18. The van der Waals surface area contributed by atoms with Gasteiger partial charge in [0.25, 0.3) is 5.91 Å². The number of nitrogens with zero attached hydrogens (tertiary/aromatic N) is 4. The van der Waals surface area contributed by atoms with Gasteiger partial charge in [-0.25, -0.2) is 8.42 Å². The second-order valence-corrected chi connectivity index (χ2v) is 8.75. The first-order chi connectivity index (χ1) is 12.6. The monoisotopic (exact) mass is 374 g/mol. The minimum absolute atomic E-state index is 0.0650.